The predicted octanol–water partition coefficient (Wildman–Crippen LogP) is 2.09. The first-order chi connectivity index (χ1) is 8.87. The van der Waals surface area contributed by atoms with Crippen LogP contribution in [0.4, 0.5) is 0 Å². The summed E-state index contributed by atoms with van der Waals surface area (Å²) in [5.74, 6) is 1.11. The molecule has 0 aliphatic heterocycles. The first-order valence-electron chi connectivity index (χ1n) is 6.37. The van der Waals surface area contributed by atoms with Crippen LogP contribution < -0.4 is 10.1 Å². The van der Waals surface area contributed by atoms with E-state index in [1.807, 2.05) is 26.1 Å². The van der Waals surface area contributed by atoms with E-state index in [0.29, 0.717) is 6.42 Å². The minimum Gasteiger partial charge on any atom is -0.496 e. The van der Waals surface area contributed by atoms with Gasteiger partial charge in [-0.3, -0.25) is 0 Å². The molecule has 1 N–H and O–H groups in total. The van der Waals surface area contributed by atoms with E-state index in [2.05, 4.69) is 11.4 Å². The molecule has 0 aromatic heterocycles. The second-order valence-electron chi connectivity index (χ2n) is 4.84. The lowest BCUT2D eigenvalue weighted by Gasteiger charge is -2.18. The summed E-state index contributed by atoms with van der Waals surface area (Å²) in [5, 5.41) is 3.23. The van der Waals surface area contributed by atoms with Gasteiger partial charge in [0.05, 0.1) is 7.11 Å². The molecule has 0 heterocycles. The Morgan fingerprint density at radius 2 is 2.05 bits per heavy atom. The maximum absolute atomic E-state index is 11.1. The fourth-order valence-electron chi connectivity index (χ4n) is 2.15. The van der Waals surface area contributed by atoms with Crippen LogP contribution in [0.25, 0.3) is 0 Å². The highest BCUT2D eigenvalue weighted by molar-refractivity contribution is 7.90. The largest absolute Gasteiger partial charge is 0.496 e. The Hall–Kier alpha value is -1.07. The Balaban J connectivity index is 2.72. The Bertz CT molecular complexity index is 511. The molecule has 0 amide bonds. The van der Waals surface area contributed by atoms with E-state index < -0.39 is 9.84 Å². The number of aryl methyl sites for hydroxylation is 1. The molecule has 0 saturated carbocycles. The van der Waals surface area contributed by atoms with E-state index >= 15 is 0 Å². The SMILES string of the molecule is CNC(CCCS(C)(=O)=O)c1ccc(OC)c(C)c1. The molecule has 0 saturated heterocycles. The fourth-order valence-corrected chi connectivity index (χ4v) is 2.84. The molecule has 0 radical (unpaired) electrons. The van der Waals surface area contributed by atoms with Gasteiger partial charge in [0.25, 0.3) is 0 Å². The molecular weight excluding hydrogens is 262 g/mol. The van der Waals surface area contributed by atoms with Crippen molar-refractivity contribution < 1.29 is 13.2 Å². The number of hydrogen-bond donors (Lipinski definition) is 1. The van der Waals surface area contributed by atoms with E-state index in [9.17, 15) is 8.42 Å². The van der Waals surface area contributed by atoms with Crippen LogP contribution in [0.3, 0.4) is 0 Å². The molecule has 0 aliphatic rings. The summed E-state index contributed by atoms with van der Waals surface area (Å²) in [4.78, 5) is 0. The van der Waals surface area contributed by atoms with Crippen molar-refractivity contribution >= 4 is 9.84 Å². The molecule has 4 nitrogen and oxygen atoms in total. The molecule has 0 spiro atoms. The van der Waals surface area contributed by atoms with Gasteiger partial charge in [0.2, 0.25) is 0 Å². The molecule has 19 heavy (non-hydrogen) atoms. The Kier molecular flexibility index (Phi) is 5.82. The summed E-state index contributed by atoms with van der Waals surface area (Å²) in [7, 11) is 0.673. The molecule has 1 aromatic carbocycles. The van der Waals surface area contributed by atoms with Crippen LogP contribution in [0, 0.1) is 6.92 Å². The highest BCUT2D eigenvalue weighted by Gasteiger charge is 2.12. The Morgan fingerprint density at radius 3 is 2.53 bits per heavy atom. The van der Waals surface area contributed by atoms with Gasteiger partial charge in [0.15, 0.2) is 0 Å². The van der Waals surface area contributed by atoms with Gasteiger partial charge in [-0.25, -0.2) is 8.42 Å². The third kappa shape index (κ3) is 5.20. The van der Waals surface area contributed by atoms with Crippen molar-refractivity contribution in [1.82, 2.24) is 5.32 Å². The normalized spacial score (nSPS) is 13.3. The molecule has 1 rings (SSSR count). The number of methoxy groups -OCH3 is 1. The van der Waals surface area contributed by atoms with Gasteiger partial charge in [-0.05, 0) is 44.0 Å². The van der Waals surface area contributed by atoms with Crippen molar-refractivity contribution in [2.75, 3.05) is 26.2 Å². The van der Waals surface area contributed by atoms with Crippen LogP contribution in [-0.2, 0) is 9.84 Å². The van der Waals surface area contributed by atoms with Crippen LogP contribution >= 0.6 is 0 Å². The van der Waals surface area contributed by atoms with E-state index in [-0.39, 0.29) is 11.8 Å². The maximum atomic E-state index is 11.1. The Morgan fingerprint density at radius 1 is 1.37 bits per heavy atom. The number of nitrogens with one attached hydrogen (secondary N) is 1. The summed E-state index contributed by atoms with van der Waals surface area (Å²) in [6.07, 6.45) is 2.74. The molecule has 1 unspecified atom stereocenters. The monoisotopic (exact) mass is 285 g/mol. The summed E-state index contributed by atoms with van der Waals surface area (Å²) in [6, 6.07) is 6.23. The standard InChI is InChI=1S/C14H23NO3S/c1-11-10-12(7-8-14(11)18-3)13(15-2)6-5-9-19(4,16)17/h7-8,10,13,15H,5-6,9H2,1-4H3. The molecular formula is C14H23NO3S. The highest BCUT2D eigenvalue weighted by Crippen LogP contribution is 2.24. The van der Waals surface area contributed by atoms with Crippen molar-refractivity contribution in [3.05, 3.63) is 29.3 Å². The summed E-state index contributed by atoms with van der Waals surface area (Å²) in [6.45, 7) is 2.01. The third-order valence-electron chi connectivity index (χ3n) is 3.18. The van der Waals surface area contributed by atoms with E-state index in [4.69, 9.17) is 4.74 Å². The topological polar surface area (TPSA) is 55.4 Å². The summed E-state index contributed by atoms with van der Waals surface area (Å²) in [5.41, 5.74) is 2.25. The molecule has 1 atom stereocenters. The number of ether oxygens (including phenoxy) is 1. The van der Waals surface area contributed by atoms with Crippen LogP contribution in [0.1, 0.15) is 30.0 Å². The van der Waals surface area contributed by atoms with Crippen LogP contribution in [0.15, 0.2) is 18.2 Å². The summed E-state index contributed by atoms with van der Waals surface area (Å²) >= 11 is 0. The summed E-state index contributed by atoms with van der Waals surface area (Å²) < 4.78 is 27.5. The zero-order chi connectivity index (χ0) is 14.5. The van der Waals surface area contributed by atoms with Gasteiger partial charge in [-0.2, -0.15) is 0 Å². The molecule has 1 aromatic rings. The second kappa shape index (κ2) is 6.91. The predicted molar refractivity (Wildman–Crippen MR) is 78.5 cm³/mol. The van der Waals surface area contributed by atoms with Gasteiger partial charge in [-0.1, -0.05) is 12.1 Å². The molecule has 0 aliphatic carbocycles. The van der Waals surface area contributed by atoms with E-state index in [0.717, 1.165) is 23.3 Å². The zero-order valence-corrected chi connectivity index (χ0v) is 12.9. The molecule has 0 fully saturated rings. The van der Waals surface area contributed by atoms with Crippen molar-refractivity contribution in [2.45, 2.75) is 25.8 Å². The lowest BCUT2D eigenvalue weighted by Crippen LogP contribution is -2.17. The number of hydrogen-bond acceptors (Lipinski definition) is 4. The van der Waals surface area contributed by atoms with Crippen molar-refractivity contribution in [3.63, 3.8) is 0 Å². The first-order valence-corrected chi connectivity index (χ1v) is 8.43. The lowest BCUT2D eigenvalue weighted by molar-refractivity contribution is 0.411. The molecule has 0 bridgehead atoms. The second-order valence-corrected chi connectivity index (χ2v) is 7.10. The maximum Gasteiger partial charge on any atom is 0.147 e. The number of benzene rings is 1. The van der Waals surface area contributed by atoms with Gasteiger partial charge >= 0.3 is 0 Å². The van der Waals surface area contributed by atoms with Crippen LogP contribution in [-0.4, -0.2) is 34.6 Å². The fraction of sp³-hybridized carbons (Fsp3) is 0.571. The van der Waals surface area contributed by atoms with E-state index in [1.165, 1.54) is 6.26 Å². The zero-order valence-electron chi connectivity index (χ0n) is 12.1. The quantitative estimate of drug-likeness (QED) is 0.833. The molecule has 5 heteroatoms. The highest BCUT2D eigenvalue weighted by atomic mass is 32.2. The Labute approximate surface area is 116 Å². The molecule has 108 valence electrons. The lowest BCUT2D eigenvalue weighted by atomic mass is 10.0. The average Bonchev–Trinajstić information content (AvgIpc) is 2.33. The minimum atomic E-state index is -2.88. The van der Waals surface area contributed by atoms with Gasteiger partial charge in [0, 0.05) is 18.1 Å². The van der Waals surface area contributed by atoms with Crippen LogP contribution in [0.2, 0.25) is 0 Å². The van der Waals surface area contributed by atoms with Crippen molar-refractivity contribution in [2.24, 2.45) is 0 Å². The third-order valence-corrected chi connectivity index (χ3v) is 4.21. The van der Waals surface area contributed by atoms with Crippen molar-refractivity contribution in [1.29, 1.82) is 0 Å². The van der Waals surface area contributed by atoms with Gasteiger partial charge in [-0.15, -0.1) is 0 Å². The van der Waals surface area contributed by atoms with Gasteiger partial charge < -0.3 is 10.1 Å². The number of sulfone groups is 1. The van der Waals surface area contributed by atoms with E-state index in [1.54, 1.807) is 7.11 Å². The van der Waals surface area contributed by atoms with Crippen LogP contribution in [0.5, 0.6) is 5.75 Å². The first kappa shape index (κ1) is 16.0. The van der Waals surface area contributed by atoms with Crippen molar-refractivity contribution in [3.8, 4) is 5.75 Å². The van der Waals surface area contributed by atoms with Gasteiger partial charge in [0.1, 0.15) is 15.6 Å². The average molecular weight is 285 g/mol. The minimum absolute atomic E-state index is 0.173. The smallest absolute Gasteiger partial charge is 0.147 e. The number of rotatable bonds is 7.